The summed E-state index contributed by atoms with van der Waals surface area (Å²) in [5.41, 5.74) is 6.09. The normalized spacial score (nSPS) is 15.2. The van der Waals surface area contributed by atoms with Gasteiger partial charge in [-0.2, -0.15) is 0 Å². The molecule has 0 radical (unpaired) electrons. The molecule has 0 saturated heterocycles. The fourth-order valence-electron chi connectivity index (χ4n) is 3.30. The quantitative estimate of drug-likeness (QED) is 0.203. The summed E-state index contributed by atoms with van der Waals surface area (Å²) >= 11 is 0. The Morgan fingerprint density at radius 2 is 1.30 bits per heavy atom. The lowest BCUT2D eigenvalue weighted by atomic mass is 9.90. The topological polar surface area (TPSA) is 131 Å². The number of ether oxygens (including phenoxy) is 4. The van der Waals surface area contributed by atoms with Crippen LogP contribution in [0.3, 0.4) is 0 Å². The molecular weight excluding hydrogens is 514 g/mol. The molecule has 0 aliphatic carbocycles. The number of hydrogen-bond acceptors (Lipinski definition) is 9. The van der Waals surface area contributed by atoms with Gasteiger partial charge < -0.3 is 24.7 Å². The van der Waals surface area contributed by atoms with Gasteiger partial charge in [-0.25, -0.2) is 0 Å². The van der Waals surface area contributed by atoms with Crippen molar-refractivity contribution in [2.24, 2.45) is 23.0 Å². The van der Waals surface area contributed by atoms with Crippen LogP contribution in [0.5, 0.6) is 11.5 Å². The van der Waals surface area contributed by atoms with Gasteiger partial charge in [0.2, 0.25) is 0 Å². The third-order valence-corrected chi connectivity index (χ3v) is 7.33. The van der Waals surface area contributed by atoms with Crippen LogP contribution in [0.2, 0.25) is 0 Å². The zero-order valence-corrected chi connectivity index (χ0v) is 25.7. The average molecular weight is 564 g/mol. The standard InChI is InChI=1S/C31H49NO8/c1-10-19(4)15-27(33)39-25-14-13-23(18-26(25)40-28(34)16-20(5)11-2)17-24(32)29(35)37-21(6)22(7)38-30(36)31(8,9)12-3/h13-14,18-22,24H,10-12,15-17,32H2,1-9H3/t19?,20?,21-,22?,24-/m0/s1. The molecule has 1 aromatic rings. The van der Waals surface area contributed by atoms with Crippen LogP contribution in [0.1, 0.15) is 100.0 Å². The fraction of sp³-hybridized carbons (Fsp3) is 0.677. The van der Waals surface area contributed by atoms with Gasteiger partial charge in [-0.15, -0.1) is 0 Å². The maximum Gasteiger partial charge on any atom is 0.323 e. The van der Waals surface area contributed by atoms with Crippen LogP contribution in [-0.2, 0) is 35.1 Å². The molecule has 226 valence electrons. The van der Waals surface area contributed by atoms with Crippen molar-refractivity contribution < 1.29 is 38.1 Å². The average Bonchev–Trinajstić information content (AvgIpc) is 2.89. The zero-order valence-electron chi connectivity index (χ0n) is 25.7. The summed E-state index contributed by atoms with van der Waals surface area (Å²) in [7, 11) is 0. The number of carbonyl (C=O) groups excluding carboxylic acids is 4. The number of rotatable bonds is 16. The summed E-state index contributed by atoms with van der Waals surface area (Å²) in [5, 5.41) is 0. The molecule has 0 heterocycles. The molecule has 0 fully saturated rings. The van der Waals surface area contributed by atoms with Gasteiger partial charge in [0.1, 0.15) is 18.2 Å². The lowest BCUT2D eigenvalue weighted by molar-refractivity contribution is -0.172. The third-order valence-electron chi connectivity index (χ3n) is 7.33. The smallest absolute Gasteiger partial charge is 0.323 e. The summed E-state index contributed by atoms with van der Waals surface area (Å²) in [6.07, 6.45) is 1.42. The van der Waals surface area contributed by atoms with Crippen molar-refractivity contribution in [1.82, 2.24) is 0 Å². The van der Waals surface area contributed by atoms with E-state index in [9.17, 15) is 19.2 Å². The second-order valence-corrected chi connectivity index (χ2v) is 11.5. The molecule has 9 nitrogen and oxygen atoms in total. The summed E-state index contributed by atoms with van der Waals surface area (Å²) in [6, 6.07) is 3.72. The third kappa shape index (κ3) is 11.7. The maximum absolute atomic E-state index is 12.7. The first-order valence-electron chi connectivity index (χ1n) is 14.3. The first kappa shape index (κ1) is 35.1. The van der Waals surface area contributed by atoms with Gasteiger partial charge in [-0.3, -0.25) is 19.2 Å². The van der Waals surface area contributed by atoms with E-state index in [1.807, 2.05) is 34.6 Å². The maximum atomic E-state index is 12.7. The molecule has 1 rings (SSSR count). The van der Waals surface area contributed by atoms with E-state index in [-0.39, 0.29) is 48.6 Å². The van der Waals surface area contributed by atoms with E-state index < -0.39 is 41.6 Å². The van der Waals surface area contributed by atoms with E-state index in [2.05, 4.69) is 0 Å². The lowest BCUT2D eigenvalue weighted by Gasteiger charge is -2.27. The second-order valence-electron chi connectivity index (χ2n) is 11.5. The minimum atomic E-state index is -1.03. The number of carbonyl (C=O) groups is 4. The van der Waals surface area contributed by atoms with Crippen LogP contribution in [0.25, 0.3) is 0 Å². The highest BCUT2D eigenvalue weighted by Crippen LogP contribution is 2.31. The van der Waals surface area contributed by atoms with Crippen molar-refractivity contribution in [2.45, 2.75) is 119 Å². The number of nitrogens with two attached hydrogens (primary N) is 1. The summed E-state index contributed by atoms with van der Waals surface area (Å²) in [6.45, 7) is 16.7. The fourth-order valence-corrected chi connectivity index (χ4v) is 3.30. The molecule has 1 aromatic carbocycles. The molecule has 0 amide bonds. The van der Waals surface area contributed by atoms with Crippen LogP contribution < -0.4 is 15.2 Å². The highest BCUT2D eigenvalue weighted by molar-refractivity contribution is 5.78. The predicted molar refractivity (Wildman–Crippen MR) is 153 cm³/mol. The Balaban J connectivity index is 2.98. The predicted octanol–water partition coefficient (Wildman–Crippen LogP) is 5.54. The van der Waals surface area contributed by atoms with Gasteiger partial charge in [0, 0.05) is 12.8 Å². The minimum absolute atomic E-state index is 0.0829. The number of benzene rings is 1. The van der Waals surface area contributed by atoms with E-state index in [1.165, 1.54) is 6.07 Å². The van der Waals surface area contributed by atoms with Crippen LogP contribution in [0.4, 0.5) is 0 Å². The molecule has 0 aliphatic heterocycles. The van der Waals surface area contributed by atoms with Crippen molar-refractivity contribution in [2.75, 3.05) is 0 Å². The molecule has 2 N–H and O–H groups in total. The molecule has 0 saturated carbocycles. The van der Waals surface area contributed by atoms with E-state index in [4.69, 9.17) is 24.7 Å². The monoisotopic (exact) mass is 563 g/mol. The summed E-state index contributed by atoms with van der Waals surface area (Å²) in [5.74, 6) is -1.39. The van der Waals surface area contributed by atoms with Crippen molar-refractivity contribution in [1.29, 1.82) is 0 Å². The molecule has 5 atom stereocenters. The Morgan fingerprint density at radius 1 is 0.800 bits per heavy atom. The van der Waals surface area contributed by atoms with Crippen molar-refractivity contribution >= 4 is 23.9 Å². The molecule has 0 aromatic heterocycles. The van der Waals surface area contributed by atoms with Crippen LogP contribution in [-0.4, -0.2) is 42.1 Å². The minimum Gasteiger partial charge on any atom is -0.458 e. The van der Waals surface area contributed by atoms with Crippen molar-refractivity contribution in [3.05, 3.63) is 23.8 Å². The van der Waals surface area contributed by atoms with E-state index in [0.717, 1.165) is 12.8 Å². The van der Waals surface area contributed by atoms with Crippen LogP contribution in [0, 0.1) is 17.3 Å². The Morgan fingerprint density at radius 3 is 1.80 bits per heavy atom. The first-order valence-corrected chi connectivity index (χ1v) is 14.3. The van der Waals surface area contributed by atoms with Gasteiger partial charge in [0.25, 0.3) is 0 Å². The molecule has 0 spiro atoms. The van der Waals surface area contributed by atoms with Gasteiger partial charge in [0.05, 0.1) is 5.41 Å². The van der Waals surface area contributed by atoms with E-state index >= 15 is 0 Å². The molecule has 9 heteroatoms. The largest absolute Gasteiger partial charge is 0.458 e. The molecule has 0 aliphatic rings. The van der Waals surface area contributed by atoms with E-state index in [0.29, 0.717) is 12.0 Å². The summed E-state index contributed by atoms with van der Waals surface area (Å²) in [4.78, 5) is 50.0. The highest BCUT2D eigenvalue weighted by atomic mass is 16.6. The SMILES string of the molecule is CCC(C)CC(=O)Oc1ccc(C[C@H](N)C(=O)O[C@@H](C)C(C)OC(=O)C(C)(C)CC)cc1OC(=O)CC(C)CC. The Kier molecular flexibility index (Phi) is 14.3. The molecular formula is C31H49NO8. The van der Waals surface area contributed by atoms with Gasteiger partial charge in [-0.05, 0) is 70.1 Å². The highest BCUT2D eigenvalue weighted by Gasteiger charge is 2.31. The Labute approximate surface area is 239 Å². The van der Waals surface area contributed by atoms with Crippen LogP contribution >= 0.6 is 0 Å². The summed E-state index contributed by atoms with van der Waals surface area (Å²) < 4.78 is 22.1. The first-order chi connectivity index (χ1) is 18.6. The Bertz CT molecular complexity index is 1010. The number of hydrogen-bond donors (Lipinski definition) is 1. The van der Waals surface area contributed by atoms with Crippen LogP contribution in [0.15, 0.2) is 18.2 Å². The molecule has 40 heavy (non-hydrogen) atoms. The van der Waals surface area contributed by atoms with Gasteiger partial charge in [0.15, 0.2) is 11.5 Å². The Hall–Kier alpha value is -2.94. The van der Waals surface area contributed by atoms with E-state index in [1.54, 1.807) is 39.8 Å². The molecule has 0 bridgehead atoms. The van der Waals surface area contributed by atoms with Crippen molar-refractivity contribution in [3.63, 3.8) is 0 Å². The molecule has 3 unspecified atom stereocenters. The zero-order chi connectivity index (χ0) is 30.6. The van der Waals surface area contributed by atoms with Gasteiger partial charge >= 0.3 is 23.9 Å². The van der Waals surface area contributed by atoms with Crippen molar-refractivity contribution in [3.8, 4) is 11.5 Å². The van der Waals surface area contributed by atoms with Gasteiger partial charge in [-0.1, -0.05) is 53.5 Å². The lowest BCUT2D eigenvalue weighted by Crippen LogP contribution is -2.40. The number of esters is 4. The second kappa shape index (κ2) is 16.4.